The molecule has 0 fully saturated rings. The van der Waals surface area contributed by atoms with Crippen LogP contribution >= 0.6 is 22.9 Å². The predicted octanol–water partition coefficient (Wildman–Crippen LogP) is 9.70. The van der Waals surface area contributed by atoms with Gasteiger partial charge in [-0.3, -0.25) is 3.11 Å². The predicted molar refractivity (Wildman–Crippen MR) is 148 cm³/mol. The lowest BCUT2D eigenvalue weighted by Crippen LogP contribution is -2.17. The number of benzene rings is 2. The summed E-state index contributed by atoms with van der Waals surface area (Å²) in [5.74, 6) is 1.89. The highest BCUT2D eigenvalue weighted by atomic mass is 127. The maximum absolute atomic E-state index is 3.82. The number of halogens is 1. The minimum Gasteiger partial charge on any atom is -0.357 e. The smallest absolute Gasteiger partial charge is 0.0643 e. The molecule has 170 valence electrons. The first-order valence-corrected chi connectivity index (χ1v) is 12.6. The maximum atomic E-state index is 3.82. The SMILES string of the molecule is C/C(Nc1c(C(C)C)cccc1C(C)C)=C(\C)N(I)c1c(C(C)C)cccc1C(C)C. The summed E-state index contributed by atoms with van der Waals surface area (Å²) in [5.41, 5.74) is 10.6. The van der Waals surface area contributed by atoms with Gasteiger partial charge in [-0.2, -0.15) is 0 Å². The summed E-state index contributed by atoms with van der Waals surface area (Å²) in [6.07, 6.45) is 0. The molecule has 0 heterocycles. The van der Waals surface area contributed by atoms with Crippen LogP contribution in [0.5, 0.6) is 0 Å². The quantitative estimate of drug-likeness (QED) is 0.269. The van der Waals surface area contributed by atoms with Crippen molar-refractivity contribution in [3.05, 3.63) is 70.0 Å². The number of rotatable bonds is 8. The molecule has 0 saturated carbocycles. The van der Waals surface area contributed by atoms with E-state index in [9.17, 15) is 0 Å². The monoisotopic (exact) mass is 532 g/mol. The molecular formula is C28H41IN2. The number of anilines is 2. The van der Waals surface area contributed by atoms with Gasteiger partial charge < -0.3 is 5.32 Å². The van der Waals surface area contributed by atoms with Crippen LogP contribution in [0.15, 0.2) is 47.8 Å². The fraction of sp³-hybridized carbons (Fsp3) is 0.500. The van der Waals surface area contributed by atoms with E-state index in [1.165, 1.54) is 45.0 Å². The zero-order chi connectivity index (χ0) is 23.5. The van der Waals surface area contributed by atoms with Crippen molar-refractivity contribution >= 4 is 34.2 Å². The molecule has 1 N–H and O–H groups in total. The molecule has 2 aromatic carbocycles. The third-order valence-corrected chi connectivity index (χ3v) is 7.27. The van der Waals surface area contributed by atoms with Gasteiger partial charge in [0.2, 0.25) is 0 Å². The lowest BCUT2D eigenvalue weighted by Gasteiger charge is -2.29. The summed E-state index contributed by atoms with van der Waals surface area (Å²) in [4.78, 5) is 0. The summed E-state index contributed by atoms with van der Waals surface area (Å²) in [5, 5.41) is 3.82. The highest BCUT2D eigenvalue weighted by Gasteiger charge is 2.21. The molecule has 0 amide bonds. The Balaban J connectivity index is 2.58. The third kappa shape index (κ3) is 5.85. The summed E-state index contributed by atoms with van der Waals surface area (Å²) in [6, 6.07) is 13.5. The molecule has 0 spiro atoms. The van der Waals surface area contributed by atoms with E-state index in [0.717, 1.165) is 0 Å². The molecule has 0 aliphatic heterocycles. The Morgan fingerprint density at radius 1 is 0.677 bits per heavy atom. The van der Waals surface area contributed by atoms with E-state index in [4.69, 9.17) is 0 Å². The zero-order valence-electron chi connectivity index (χ0n) is 21.1. The van der Waals surface area contributed by atoms with Crippen LogP contribution in [0.2, 0.25) is 0 Å². The lowest BCUT2D eigenvalue weighted by molar-refractivity contribution is 0.832. The number of hydrogen-bond acceptors (Lipinski definition) is 2. The largest absolute Gasteiger partial charge is 0.357 e. The van der Waals surface area contributed by atoms with Gasteiger partial charge >= 0.3 is 0 Å². The van der Waals surface area contributed by atoms with Crippen molar-refractivity contribution < 1.29 is 0 Å². The van der Waals surface area contributed by atoms with Crippen LogP contribution in [-0.4, -0.2) is 0 Å². The number of nitrogens with one attached hydrogen (secondary N) is 1. The van der Waals surface area contributed by atoms with E-state index in [1.54, 1.807) is 0 Å². The number of allylic oxidation sites excluding steroid dienone is 2. The van der Waals surface area contributed by atoms with Crippen molar-refractivity contribution in [3.63, 3.8) is 0 Å². The van der Waals surface area contributed by atoms with Gasteiger partial charge in [0.25, 0.3) is 0 Å². The summed E-state index contributed by atoms with van der Waals surface area (Å²) >= 11 is 2.49. The fourth-order valence-electron chi connectivity index (χ4n) is 4.03. The van der Waals surface area contributed by atoms with Crippen LogP contribution in [0.1, 0.15) is 115 Å². The van der Waals surface area contributed by atoms with Gasteiger partial charge in [0, 0.05) is 17.1 Å². The highest BCUT2D eigenvalue weighted by molar-refractivity contribution is 14.1. The lowest BCUT2D eigenvalue weighted by atomic mass is 9.92. The number of nitrogens with zero attached hydrogens (tertiary/aromatic N) is 1. The molecule has 0 aliphatic rings. The molecule has 0 unspecified atom stereocenters. The van der Waals surface area contributed by atoms with Gasteiger partial charge in [-0.1, -0.05) is 91.8 Å². The van der Waals surface area contributed by atoms with Gasteiger partial charge in [0.1, 0.15) is 0 Å². The molecule has 0 aliphatic carbocycles. The van der Waals surface area contributed by atoms with Gasteiger partial charge in [0.05, 0.1) is 28.6 Å². The molecule has 2 rings (SSSR count). The fourth-order valence-corrected chi connectivity index (χ4v) is 4.95. The second-order valence-corrected chi connectivity index (χ2v) is 10.8. The summed E-state index contributed by atoms with van der Waals surface area (Å²) < 4.78 is 2.36. The highest BCUT2D eigenvalue weighted by Crippen LogP contribution is 2.40. The van der Waals surface area contributed by atoms with Crippen molar-refractivity contribution in [2.45, 2.75) is 92.9 Å². The Bertz CT molecular complexity index is 870. The molecule has 3 heteroatoms. The van der Waals surface area contributed by atoms with E-state index < -0.39 is 0 Å². The van der Waals surface area contributed by atoms with Crippen molar-refractivity contribution in [3.8, 4) is 0 Å². The molecule has 31 heavy (non-hydrogen) atoms. The second kappa shape index (κ2) is 10.9. The normalized spacial score (nSPS) is 12.7. The van der Waals surface area contributed by atoms with E-state index in [2.05, 4.69) is 137 Å². The average Bonchev–Trinajstić information content (AvgIpc) is 2.71. The van der Waals surface area contributed by atoms with Gasteiger partial charge in [-0.05, 0) is 59.8 Å². The van der Waals surface area contributed by atoms with Gasteiger partial charge in [0.15, 0.2) is 0 Å². The molecule has 2 aromatic rings. The van der Waals surface area contributed by atoms with E-state index >= 15 is 0 Å². The number of para-hydroxylation sites is 2. The van der Waals surface area contributed by atoms with Crippen LogP contribution < -0.4 is 8.43 Å². The molecule has 0 bridgehead atoms. The van der Waals surface area contributed by atoms with Gasteiger partial charge in [-0.25, -0.2) is 0 Å². The summed E-state index contributed by atoms with van der Waals surface area (Å²) in [7, 11) is 0. The molecule has 2 nitrogen and oxygen atoms in total. The van der Waals surface area contributed by atoms with Crippen molar-refractivity contribution in [2.24, 2.45) is 0 Å². The van der Waals surface area contributed by atoms with Crippen LogP contribution in [0.25, 0.3) is 0 Å². The van der Waals surface area contributed by atoms with E-state index in [-0.39, 0.29) is 0 Å². The Morgan fingerprint density at radius 2 is 1.03 bits per heavy atom. The topological polar surface area (TPSA) is 15.3 Å². The van der Waals surface area contributed by atoms with Crippen molar-refractivity contribution in [2.75, 3.05) is 8.43 Å². The zero-order valence-corrected chi connectivity index (χ0v) is 23.3. The van der Waals surface area contributed by atoms with Crippen molar-refractivity contribution in [1.82, 2.24) is 0 Å². The van der Waals surface area contributed by atoms with Crippen LogP contribution in [-0.2, 0) is 0 Å². The molecule has 0 radical (unpaired) electrons. The van der Waals surface area contributed by atoms with Crippen LogP contribution in [0, 0.1) is 0 Å². The summed E-state index contributed by atoms with van der Waals surface area (Å²) in [6.45, 7) is 22.7. The maximum Gasteiger partial charge on any atom is 0.0643 e. The standard InChI is InChI=1S/C28H41IN2/c1-17(2)23-13-11-14-24(18(3)4)27(23)30-21(9)22(10)31(29)28-25(19(5)6)15-12-16-26(28)20(7)8/h11-20,30H,1-10H3/b22-21-. The average molecular weight is 533 g/mol. The first kappa shape index (κ1) is 25.8. The minimum absolute atomic E-state index is 0.472. The molecule has 0 aromatic heterocycles. The Kier molecular flexibility index (Phi) is 9.05. The molecule has 0 atom stereocenters. The second-order valence-electron chi connectivity index (χ2n) is 9.83. The van der Waals surface area contributed by atoms with E-state index in [1.807, 2.05) is 0 Å². The third-order valence-electron chi connectivity index (χ3n) is 6.06. The molecular weight excluding hydrogens is 491 g/mol. The minimum atomic E-state index is 0.472. The Hall–Kier alpha value is -1.49. The first-order valence-electron chi connectivity index (χ1n) is 11.6. The molecule has 0 saturated heterocycles. The Morgan fingerprint density at radius 3 is 1.39 bits per heavy atom. The first-order chi connectivity index (χ1) is 14.5. The van der Waals surface area contributed by atoms with Gasteiger partial charge in [-0.15, -0.1) is 0 Å². The Labute approximate surface area is 205 Å². The van der Waals surface area contributed by atoms with Crippen LogP contribution in [0.4, 0.5) is 11.4 Å². The van der Waals surface area contributed by atoms with Crippen LogP contribution in [0.3, 0.4) is 0 Å². The van der Waals surface area contributed by atoms with Crippen molar-refractivity contribution in [1.29, 1.82) is 0 Å². The van der Waals surface area contributed by atoms with E-state index in [0.29, 0.717) is 23.7 Å². The number of hydrogen-bond donors (Lipinski definition) is 1.